The van der Waals surface area contributed by atoms with Gasteiger partial charge in [-0.3, -0.25) is 0 Å². The van der Waals surface area contributed by atoms with Gasteiger partial charge in [0.1, 0.15) is 11.3 Å². The van der Waals surface area contributed by atoms with Crippen molar-refractivity contribution >= 4 is 26.9 Å². The van der Waals surface area contributed by atoms with Gasteiger partial charge in [0.15, 0.2) is 5.75 Å². The predicted molar refractivity (Wildman–Crippen MR) is 64.5 cm³/mol. The average Bonchev–Trinajstić information content (AvgIpc) is 2.50. The Morgan fingerprint density at radius 3 is 2.20 bits per heavy atom. The molecule has 0 radical (unpaired) electrons. The van der Waals surface area contributed by atoms with Crippen LogP contribution in [0.2, 0.25) is 0 Å². The Balaban J connectivity index is 3.07. The minimum Gasteiger partial charge on any atom is -0.504 e. The van der Waals surface area contributed by atoms with Crippen LogP contribution in [0, 0.1) is 27.7 Å². The van der Waals surface area contributed by atoms with Crippen molar-refractivity contribution in [2.24, 2.45) is 0 Å². The number of aryl methyl sites for hydroxylation is 3. The van der Waals surface area contributed by atoms with Crippen molar-refractivity contribution in [1.29, 1.82) is 0 Å². The van der Waals surface area contributed by atoms with Crippen molar-refractivity contribution in [3.8, 4) is 5.75 Å². The minimum absolute atomic E-state index is 0.256. The molecule has 0 fully saturated rings. The molecule has 0 amide bonds. The molecule has 80 valence electrons. The lowest BCUT2D eigenvalue weighted by atomic mass is 10.0. The van der Waals surface area contributed by atoms with Crippen molar-refractivity contribution < 1.29 is 9.52 Å². The molecule has 0 atom stereocenters. The quantitative estimate of drug-likeness (QED) is 0.779. The summed E-state index contributed by atoms with van der Waals surface area (Å²) in [4.78, 5) is 0. The van der Waals surface area contributed by atoms with Crippen LogP contribution in [0.5, 0.6) is 5.75 Å². The lowest BCUT2D eigenvalue weighted by Gasteiger charge is -2.08. The molecule has 1 heterocycles. The van der Waals surface area contributed by atoms with Gasteiger partial charge in [0.2, 0.25) is 0 Å². The standard InChI is InChI=1S/C12H13BrO2/c1-5-6(2)12-9(7(3)10(5)13)11(14)8(4)15-12/h14H,1-4H3. The van der Waals surface area contributed by atoms with E-state index in [-0.39, 0.29) is 5.75 Å². The zero-order chi connectivity index (χ0) is 11.3. The first-order chi connectivity index (χ1) is 6.95. The molecular weight excluding hydrogens is 256 g/mol. The zero-order valence-corrected chi connectivity index (χ0v) is 10.8. The highest BCUT2D eigenvalue weighted by molar-refractivity contribution is 9.10. The molecule has 15 heavy (non-hydrogen) atoms. The number of aromatic hydroxyl groups is 1. The molecule has 1 aromatic heterocycles. The monoisotopic (exact) mass is 268 g/mol. The first kappa shape index (κ1) is 10.6. The van der Waals surface area contributed by atoms with Gasteiger partial charge in [-0.2, -0.15) is 0 Å². The van der Waals surface area contributed by atoms with Crippen LogP contribution in [0.1, 0.15) is 22.5 Å². The fourth-order valence-corrected chi connectivity index (χ4v) is 2.37. The van der Waals surface area contributed by atoms with Crippen LogP contribution in [0.3, 0.4) is 0 Å². The van der Waals surface area contributed by atoms with E-state index < -0.39 is 0 Å². The van der Waals surface area contributed by atoms with Gasteiger partial charge in [0.05, 0.1) is 5.39 Å². The molecule has 0 aliphatic rings. The van der Waals surface area contributed by atoms with Crippen LogP contribution in [0.25, 0.3) is 11.0 Å². The minimum atomic E-state index is 0.256. The van der Waals surface area contributed by atoms with Gasteiger partial charge >= 0.3 is 0 Å². The number of fused-ring (bicyclic) bond motifs is 1. The number of benzene rings is 1. The molecule has 0 aliphatic carbocycles. The summed E-state index contributed by atoms with van der Waals surface area (Å²) in [6, 6.07) is 0. The maximum atomic E-state index is 9.90. The highest BCUT2D eigenvalue weighted by Gasteiger charge is 2.18. The lowest BCUT2D eigenvalue weighted by Crippen LogP contribution is -1.88. The van der Waals surface area contributed by atoms with E-state index in [0.29, 0.717) is 5.76 Å². The largest absolute Gasteiger partial charge is 0.504 e. The number of rotatable bonds is 0. The molecule has 3 heteroatoms. The van der Waals surface area contributed by atoms with E-state index in [0.717, 1.165) is 32.1 Å². The smallest absolute Gasteiger partial charge is 0.165 e. The van der Waals surface area contributed by atoms with E-state index in [9.17, 15) is 5.11 Å². The molecule has 0 aliphatic heterocycles. The maximum Gasteiger partial charge on any atom is 0.165 e. The second-order valence-corrected chi connectivity index (χ2v) is 4.69. The molecule has 2 rings (SSSR count). The first-order valence-corrected chi connectivity index (χ1v) is 5.61. The van der Waals surface area contributed by atoms with E-state index >= 15 is 0 Å². The summed E-state index contributed by atoms with van der Waals surface area (Å²) >= 11 is 3.54. The Morgan fingerprint density at radius 2 is 1.60 bits per heavy atom. The Morgan fingerprint density at radius 1 is 1.00 bits per heavy atom. The third-order valence-corrected chi connectivity index (χ3v) is 4.18. The van der Waals surface area contributed by atoms with E-state index in [1.165, 1.54) is 0 Å². The van der Waals surface area contributed by atoms with E-state index in [1.807, 2.05) is 20.8 Å². The van der Waals surface area contributed by atoms with Crippen molar-refractivity contribution in [3.05, 3.63) is 26.9 Å². The van der Waals surface area contributed by atoms with Gasteiger partial charge in [-0.05, 0) is 44.4 Å². The highest BCUT2D eigenvalue weighted by Crippen LogP contribution is 2.40. The molecule has 1 N–H and O–H groups in total. The number of hydrogen-bond donors (Lipinski definition) is 1. The number of halogens is 1. The first-order valence-electron chi connectivity index (χ1n) is 4.82. The van der Waals surface area contributed by atoms with Crippen LogP contribution in [0.4, 0.5) is 0 Å². The van der Waals surface area contributed by atoms with Crippen molar-refractivity contribution in [2.75, 3.05) is 0 Å². The number of furan rings is 1. The van der Waals surface area contributed by atoms with Gasteiger partial charge in [-0.1, -0.05) is 15.9 Å². The summed E-state index contributed by atoms with van der Waals surface area (Å²) in [6.07, 6.45) is 0. The normalized spacial score (nSPS) is 11.3. The fraction of sp³-hybridized carbons (Fsp3) is 0.333. The Hall–Kier alpha value is -0.960. The van der Waals surface area contributed by atoms with Crippen molar-refractivity contribution in [3.63, 3.8) is 0 Å². The van der Waals surface area contributed by atoms with Gasteiger partial charge in [-0.25, -0.2) is 0 Å². The van der Waals surface area contributed by atoms with Gasteiger partial charge < -0.3 is 9.52 Å². The maximum absolute atomic E-state index is 9.90. The fourth-order valence-electron chi connectivity index (χ4n) is 1.87. The summed E-state index contributed by atoms with van der Waals surface area (Å²) < 4.78 is 6.62. The molecule has 0 saturated carbocycles. The summed E-state index contributed by atoms with van der Waals surface area (Å²) in [5.74, 6) is 0.833. The molecule has 2 nitrogen and oxygen atoms in total. The Labute approximate surface area is 97.0 Å². The molecule has 2 aromatic rings. The van der Waals surface area contributed by atoms with Gasteiger partial charge in [-0.15, -0.1) is 0 Å². The summed E-state index contributed by atoms with van der Waals surface area (Å²) in [5.41, 5.74) is 4.06. The molecule has 0 bridgehead atoms. The highest BCUT2D eigenvalue weighted by atomic mass is 79.9. The predicted octanol–water partition coefficient (Wildman–Crippen LogP) is 4.13. The second kappa shape index (κ2) is 3.27. The van der Waals surface area contributed by atoms with Gasteiger partial charge in [0, 0.05) is 4.47 Å². The summed E-state index contributed by atoms with van der Waals surface area (Å²) in [5, 5.41) is 10.7. The van der Waals surface area contributed by atoms with Crippen LogP contribution in [0.15, 0.2) is 8.89 Å². The Bertz CT molecular complexity index is 553. The average molecular weight is 269 g/mol. The van der Waals surface area contributed by atoms with Crippen LogP contribution in [-0.4, -0.2) is 5.11 Å². The lowest BCUT2D eigenvalue weighted by molar-refractivity contribution is 0.451. The molecule has 0 unspecified atom stereocenters. The van der Waals surface area contributed by atoms with E-state index in [2.05, 4.69) is 15.9 Å². The molecule has 0 spiro atoms. The van der Waals surface area contributed by atoms with Crippen molar-refractivity contribution in [2.45, 2.75) is 27.7 Å². The van der Waals surface area contributed by atoms with Crippen LogP contribution < -0.4 is 0 Å². The van der Waals surface area contributed by atoms with Crippen molar-refractivity contribution in [1.82, 2.24) is 0 Å². The SMILES string of the molecule is Cc1oc2c(C)c(C)c(Br)c(C)c2c1O. The topological polar surface area (TPSA) is 33.4 Å². The summed E-state index contributed by atoms with van der Waals surface area (Å²) in [7, 11) is 0. The Kier molecular flexibility index (Phi) is 2.30. The number of hydrogen-bond acceptors (Lipinski definition) is 2. The van der Waals surface area contributed by atoms with Crippen LogP contribution in [-0.2, 0) is 0 Å². The summed E-state index contributed by atoms with van der Waals surface area (Å²) in [6.45, 7) is 7.80. The zero-order valence-electron chi connectivity index (χ0n) is 9.23. The molecular formula is C12H13BrO2. The molecule has 1 aromatic carbocycles. The van der Waals surface area contributed by atoms with E-state index in [4.69, 9.17) is 4.42 Å². The second-order valence-electron chi connectivity index (χ2n) is 3.90. The van der Waals surface area contributed by atoms with Crippen LogP contribution >= 0.6 is 15.9 Å². The molecule has 0 saturated heterocycles. The third kappa shape index (κ3) is 1.29. The van der Waals surface area contributed by atoms with E-state index in [1.54, 1.807) is 6.92 Å². The van der Waals surface area contributed by atoms with Gasteiger partial charge in [0.25, 0.3) is 0 Å². The third-order valence-electron chi connectivity index (χ3n) is 2.99.